The molecule has 3 nitrogen and oxygen atoms in total. The van der Waals surface area contributed by atoms with Gasteiger partial charge in [0.15, 0.2) is 0 Å². The molecular formula is C19H29NO2. The lowest BCUT2D eigenvalue weighted by Crippen LogP contribution is -2.43. The Labute approximate surface area is 134 Å². The minimum absolute atomic E-state index is 0.363. The van der Waals surface area contributed by atoms with Crippen LogP contribution in [0.5, 0.6) is 0 Å². The minimum atomic E-state index is -0.741. The van der Waals surface area contributed by atoms with Gasteiger partial charge in [0.25, 0.3) is 0 Å². The van der Waals surface area contributed by atoms with E-state index in [1.807, 2.05) is 30.3 Å². The summed E-state index contributed by atoms with van der Waals surface area (Å²) in [6.07, 6.45) is 6.61. The summed E-state index contributed by atoms with van der Waals surface area (Å²) in [5.41, 5.74) is 1.08. The Morgan fingerprint density at radius 3 is 2.64 bits per heavy atom. The quantitative estimate of drug-likeness (QED) is 0.766. The van der Waals surface area contributed by atoms with E-state index in [9.17, 15) is 9.90 Å². The lowest BCUT2D eigenvalue weighted by Gasteiger charge is -2.20. The number of rotatable bonds is 8. The zero-order valence-corrected chi connectivity index (χ0v) is 13.8. The number of benzene rings is 1. The first-order valence-electron chi connectivity index (χ1n) is 8.57. The van der Waals surface area contributed by atoms with Crippen molar-refractivity contribution in [1.29, 1.82) is 0 Å². The lowest BCUT2D eigenvalue weighted by molar-refractivity contribution is -0.139. The third-order valence-corrected chi connectivity index (χ3v) is 4.71. The smallest absolute Gasteiger partial charge is 0.321 e. The van der Waals surface area contributed by atoms with Crippen LogP contribution in [0, 0.1) is 11.8 Å². The van der Waals surface area contributed by atoms with E-state index in [4.69, 9.17) is 0 Å². The zero-order chi connectivity index (χ0) is 15.9. The molecule has 2 unspecified atom stereocenters. The number of carbonyl (C=O) groups is 1. The Bertz CT molecular complexity index is 458. The molecule has 2 rings (SSSR count). The van der Waals surface area contributed by atoms with Crippen molar-refractivity contribution in [2.24, 2.45) is 11.8 Å². The van der Waals surface area contributed by atoms with Gasteiger partial charge in [-0.2, -0.15) is 0 Å². The fraction of sp³-hybridized carbons (Fsp3) is 0.632. The third kappa shape index (κ3) is 5.45. The summed E-state index contributed by atoms with van der Waals surface area (Å²) in [7, 11) is 0. The van der Waals surface area contributed by atoms with Gasteiger partial charge in [-0.25, -0.2) is 0 Å². The van der Waals surface area contributed by atoms with E-state index in [2.05, 4.69) is 19.2 Å². The van der Waals surface area contributed by atoms with Crippen LogP contribution in [-0.4, -0.2) is 23.2 Å². The van der Waals surface area contributed by atoms with Crippen molar-refractivity contribution in [3.63, 3.8) is 0 Å². The van der Waals surface area contributed by atoms with Crippen molar-refractivity contribution in [1.82, 2.24) is 5.32 Å². The topological polar surface area (TPSA) is 49.3 Å². The van der Waals surface area contributed by atoms with E-state index in [0.717, 1.165) is 30.2 Å². The second kappa shape index (κ2) is 8.33. The van der Waals surface area contributed by atoms with E-state index < -0.39 is 12.0 Å². The fourth-order valence-corrected chi connectivity index (χ4v) is 3.41. The maximum absolute atomic E-state index is 11.5. The van der Waals surface area contributed by atoms with E-state index in [1.54, 1.807) is 0 Å². The molecule has 1 aromatic carbocycles. The van der Waals surface area contributed by atoms with Gasteiger partial charge in [0.2, 0.25) is 0 Å². The highest BCUT2D eigenvalue weighted by molar-refractivity contribution is 5.74. The molecule has 0 aromatic heterocycles. The van der Waals surface area contributed by atoms with Crippen molar-refractivity contribution >= 4 is 5.97 Å². The second-order valence-electron chi connectivity index (χ2n) is 7.09. The highest BCUT2D eigenvalue weighted by atomic mass is 16.4. The van der Waals surface area contributed by atoms with E-state index in [0.29, 0.717) is 12.5 Å². The Balaban J connectivity index is 1.83. The summed E-state index contributed by atoms with van der Waals surface area (Å²) < 4.78 is 0. The maximum Gasteiger partial charge on any atom is 0.321 e. The van der Waals surface area contributed by atoms with Crippen LogP contribution < -0.4 is 5.32 Å². The lowest BCUT2D eigenvalue weighted by atomic mass is 9.96. The first-order valence-corrected chi connectivity index (χ1v) is 8.57. The molecule has 122 valence electrons. The van der Waals surface area contributed by atoms with Gasteiger partial charge in [0.05, 0.1) is 0 Å². The van der Waals surface area contributed by atoms with Gasteiger partial charge in [-0.15, -0.1) is 0 Å². The average Bonchev–Trinajstić information content (AvgIpc) is 2.93. The van der Waals surface area contributed by atoms with Crippen molar-refractivity contribution in [2.75, 3.05) is 0 Å². The summed E-state index contributed by atoms with van der Waals surface area (Å²) >= 11 is 0. The molecular weight excluding hydrogens is 274 g/mol. The maximum atomic E-state index is 11.5. The molecule has 1 saturated carbocycles. The van der Waals surface area contributed by atoms with Gasteiger partial charge in [-0.3, -0.25) is 4.79 Å². The van der Waals surface area contributed by atoms with E-state index >= 15 is 0 Å². The molecule has 0 radical (unpaired) electrons. The molecule has 0 spiro atoms. The van der Waals surface area contributed by atoms with Gasteiger partial charge in [-0.05, 0) is 43.1 Å². The van der Waals surface area contributed by atoms with Gasteiger partial charge in [0.1, 0.15) is 6.04 Å². The molecule has 0 bridgehead atoms. The van der Waals surface area contributed by atoms with Gasteiger partial charge < -0.3 is 10.4 Å². The molecule has 1 fully saturated rings. The van der Waals surface area contributed by atoms with Gasteiger partial charge in [-0.1, -0.05) is 57.0 Å². The average molecular weight is 303 g/mol. The molecule has 0 heterocycles. The molecule has 1 aliphatic carbocycles. The molecule has 3 heteroatoms. The third-order valence-electron chi connectivity index (χ3n) is 4.71. The van der Waals surface area contributed by atoms with Crippen molar-refractivity contribution in [3.8, 4) is 0 Å². The van der Waals surface area contributed by atoms with Crippen molar-refractivity contribution in [2.45, 2.75) is 64.5 Å². The summed E-state index contributed by atoms with van der Waals surface area (Å²) in [5, 5.41) is 12.9. The van der Waals surface area contributed by atoms with Gasteiger partial charge >= 0.3 is 5.97 Å². The Morgan fingerprint density at radius 2 is 2.00 bits per heavy atom. The van der Waals surface area contributed by atoms with Crippen LogP contribution in [0.2, 0.25) is 0 Å². The van der Waals surface area contributed by atoms with E-state index in [1.165, 1.54) is 19.3 Å². The normalized spacial score (nSPS) is 22.9. The molecule has 22 heavy (non-hydrogen) atoms. The van der Waals surface area contributed by atoms with Crippen LogP contribution in [0.1, 0.15) is 51.5 Å². The summed E-state index contributed by atoms with van der Waals surface area (Å²) in [6.45, 7) is 4.54. The first kappa shape index (κ1) is 17.0. The first-order chi connectivity index (χ1) is 10.5. The number of hydrogen-bond acceptors (Lipinski definition) is 2. The molecule has 0 saturated heterocycles. The summed E-state index contributed by atoms with van der Waals surface area (Å²) in [5.74, 6) is 0.789. The second-order valence-corrected chi connectivity index (χ2v) is 7.09. The van der Waals surface area contributed by atoms with Crippen LogP contribution in [0.4, 0.5) is 0 Å². The predicted molar refractivity (Wildman–Crippen MR) is 89.9 cm³/mol. The van der Waals surface area contributed by atoms with Crippen molar-refractivity contribution in [3.05, 3.63) is 35.9 Å². The molecule has 2 N–H and O–H groups in total. The van der Waals surface area contributed by atoms with Crippen LogP contribution in [0.25, 0.3) is 0 Å². The standard InChI is InChI=1S/C19H29NO2/c1-14(2)8-9-16-10-11-17(12-16)20-18(19(21)22)13-15-6-4-3-5-7-15/h3-7,14,16-18,20H,8-13H2,1-2H3,(H,21,22)/t16?,17?,18-/m1/s1. The van der Waals surface area contributed by atoms with Crippen LogP contribution >= 0.6 is 0 Å². The predicted octanol–water partition coefficient (Wildman–Crippen LogP) is 3.88. The molecule has 1 aliphatic rings. The van der Waals surface area contributed by atoms with Crippen LogP contribution in [-0.2, 0) is 11.2 Å². The Morgan fingerprint density at radius 1 is 1.27 bits per heavy atom. The number of carboxylic acids is 1. The van der Waals surface area contributed by atoms with Crippen LogP contribution in [0.3, 0.4) is 0 Å². The summed E-state index contributed by atoms with van der Waals surface area (Å²) in [6, 6.07) is 9.77. The SMILES string of the molecule is CC(C)CCC1CCC(N[C@H](Cc2ccccc2)C(=O)O)C1. The Hall–Kier alpha value is -1.35. The summed E-state index contributed by atoms with van der Waals surface area (Å²) in [4.78, 5) is 11.5. The minimum Gasteiger partial charge on any atom is -0.480 e. The van der Waals surface area contributed by atoms with E-state index in [-0.39, 0.29) is 0 Å². The highest BCUT2D eigenvalue weighted by Gasteiger charge is 2.28. The number of nitrogens with one attached hydrogen (secondary N) is 1. The number of hydrogen-bond donors (Lipinski definition) is 2. The molecule has 0 aliphatic heterocycles. The van der Waals surface area contributed by atoms with Gasteiger partial charge in [0, 0.05) is 6.04 Å². The largest absolute Gasteiger partial charge is 0.480 e. The number of aliphatic carboxylic acids is 1. The highest BCUT2D eigenvalue weighted by Crippen LogP contribution is 2.30. The number of carboxylic acid groups (broad SMARTS) is 1. The molecule has 1 aromatic rings. The molecule has 0 amide bonds. The molecule has 3 atom stereocenters. The monoisotopic (exact) mass is 303 g/mol. The fourth-order valence-electron chi connectivity index (χ4n) is 3.41. The zero-order valence-electron chi connectivity index (χ0n) is 13.8. The van der Waals surface area contributed by atoms with Crippen LogP contribution in [0.15, 0.2) is 30.3 Å². The Kier molecular flexibility index (Phi) is 6.44. The van der Waals surface area contributed by atoms with Crippen molar-refractivity contribution < 1.29 is 9.90 Å².